The molecule has 146 valence electrons. The molecule has 0 radical (unpaired) electrons. The number of carboxylic acid groups (broad SMARTS) is 1. The Morgan fingerprint density at radius 3 is 2.78 bits per heavy atom. The predicted molar refractivity (Wildman–Crippen MR) is 96.5 cm³/mol. The van der Waals surface area contributed by atoms with E-state index in [1.54, 1.807) is 17.7 Å². The Morgan fingerprint density at radius 2 is 2.19 bits per heavy atom. The fraction of sp³-hybridized carbons (Fsp3) is 0.632. The molecule has 0 amide bonds. The second-order valence-corrected chi connectivity index (χ2v) is 8.01. The SMILES string of the molecule is COCC12CCC(c3nc4nc(OC(C)C)c(C(=O)O)cn4c3C)(CO1)C2. The number of methoxy groups -OCH3 is 1. The third-order valence-corrected chi connectivity index (χ3v) is 5.68. The van der Waals surface area contributed by atoms with Crippen LogP contribution in [0, 0.1) is 6.92 Å². The van der Waals surface area contributed by atoms with Gasteiger partial charge in [-0.05, 0) is 40.0 Å². The number of imidazole rings is 1. The Balaban J connectivity index is 1.80. The van der Waals surface area contributed by atoms with E-state index < -0.39 is 5.97 Å². The highest BCUT2D eigenvalue weighted by Crippen LogP contribution is 2.54. The number of aromatic nitrogens is 3. The number of aromatic carboxylic acids is 1. The Kier molecular flexibility index (Phi) is 4.16. The lowest BCUT2D eigenvalue weighted by Gasteiger charge is -2.27. The van der Waals surface area contributed by atoms with Gasteiger partial charge in [0.25, 0.3) is 0 Å². The van der Waals surface area contributed by atoms with Gasteiger partial charge in [-0.25, -0.2) is 9.78 Å². The van der Waals surface area contributed by atoms with Crippen molar-refractivity contribution in [3.05, 3.63) is 23.1 Å². The summed E-state index contributed by atoms with van der Waals surface area (Å²) < 4.78 is 18.8. The van der Waals surface area contributed by atoms with Crippen LogP contribution in [0.2, 0.25) is 0 Å². The van der Waals surface area contributed by atoms with Gasteiger partial charge in [-0.2, -0.15) is 4.98 Å². The molecule has 1 aliphatic carbocycles. The highest BCUT2D eigenvalue weighted by atomic mass is 16.5. The molecule has 2 aromatic heterocycles. The molecule has 27 heavy (non-hydrogen) atoms. The monoisotopic (exact) mass is 375 g/mol. The van der Waals surface area contributed by atoms with E-state index in [1.165, 1.54) is 0 Å². The summed E-state index contributed by atoms with van der Waals surface area (Å²) in [4.78, 5) is 20.9. The fourth-order valence-electron chi connectivity index (χ4n) is 4.53. The number of hydrogen-bond donors (Lipinski definition) is 1. The van der Waals surface area contributed by atoms with Crippen molar-refractivity contribution in [1.29, 1.82) is 0 Å². The molecular weight excluding hydrogens is 350 g/mol. The van der Waals surface area contributed by atoms with E-state index in [-0.39, 0.29) is 28.6 Å². The van der Waals surface area contributed by atoms with Crippen LogP contribution in [0.4, 0.5) is 0 Å². The number of rotatable bonds is 6. The van der Waals surface area contributed by atoms with E-state index in [2.05, 4.69) is 4.98 Å². The third kappa shape index (κ3) is 2.78. The molecule has 2 atom stereocenters. The molecule has 0 spiro atoms. The van der Waals surface area contributed by atoms with Gasteiger partial charge in [0, 0.05) is 24.4 Å². The lowest BCUT2D eigenvalue weighted by Crippen LogP contribution is -2.32. The summed E-state index contributed by atoms with van der Waals surface area (Å²) in [6.45, 7) is 6.80. The summed E-state index contributed by atoms with van der Waals surface area (Å²) >= 11 is 0. The molecular formula is C19H25N3O5. The van der Waals surface area contributed by atoms with Crippen molar-refractivity contribution in [2.75, 3.05) is 20.3 Å². The van der Waals surface area contributed by atoms with Gasteiger partial charge in [0.2, 0.25) is 11.7 Å². The average molecular weight is 375 g/mol. The first-order valence-electron chi connectivity index (χ1n) is 9.22. The number of fused-ring (bicyclic) bond motifs is 3. The highest BCUT2D eigenvalue weighted by Gasteiger charge is 2.58. The molecule has 1 aliphatic heterocycles. The summed E-state index contributed by atoms with van der Waals surface area (Å²) in [5.41, 5.74) is 1.46. The van der Waals surface area contributed by atoms with Gasteiger partial charge in [0.05, 0.1) is 30.6 Å². The average Bonchev–Trinajstić information content (AvgIpc) is 3.24. The van der Waals surface area contributed by atoms with Crippen LogP contribution in [0.25, 0.3) is 5.78 Å². The normalized spacial score (nSPS) is 27.0. The van der Waals surface area contributed by atoms with Crippen molar-refractivity contribution in [2.45, 2.75) is 57.2 Å². The van der Waals surface area contributed by atoms with Crippen molar-refractivity contribution in [2.24, 2.45) is 0 Å². The molecule has 8 heteroatoms. The largest absolute Gasteiger partial charge is 0.477 e. The zero-order chi connectivity index (χ0) is 19.4. The molecule has 3 heterocycles. The molecule has 2 bridgehead atoms. The van der Waals surface area contributed by atoms with Gasteiger partial charge in [-0.15, -0.1) is 0 Å². The summed E-state index contributed by atoms with van der Waals surface area (Å²) in [5, 5.41) is 9.56. The number of hydrogen-bond acceptors (Lipinski definition) is 6. The molecule has 8 nitrogen and oxygen atoms in total. The van der Waals surface area contributed by atoms with Crippen LogP contribution in [-0.2, 0) is 14.9 Å². The van der Waals surface area contributed by atoms with Gasteiger partial charge in [0.15, 0.2) is 0 Å². The minimum Gasteiger partial charge on any atom is -0.477 e. The first-order valence-corrected chi connectivity index (χ1v) is 9.22. The molecule has 0 aromatic carbocycles. The van der Waals surface area contributed by atoms with Gasteiger partial charge in [-0.3, -0.25) is 4.40 Å². The molecule has 4 rings (SSSR count). The van der Waals surface area contributed by atoms with Crippen molar-refractivity contribution < 1.29 is 24.1 Å². The predicted octanol–water partition coefficient (Wildman–Crippen LogP) is 2.36. The summed E-state index contributed by atoms with van der Waals surface area (Å²) in [7, 11) is 1.69. The van der Waals surface area contributed by atoms with Crippen molar-refractivity contribution in [3.8, 4) is 5.88 Å². The number of carboxylic acids is 1. The third-order valence-electron chi connectivity index (χ3n) is 5.68. The highest BCUT2D eigenvalue weighted by molar-refractivity contribution is 5.90. The van der Waals surface area contributed by atoms with E-state index >= 15 is 0 Å². The molecule has 2 aliphatic rings. The quantitative estimate of drug-likeness (QED) is 0.828. The minimum absolute atomic E-state index is 0.0311. The van der Waals surface area contributed by atoms with E-state index in [0.717, 1.165) is 30.7 Å². The Bertz CT molecular complexity index is 896. The number of aryl methyl sites for hydroxylation is 1. The van der Waals surface area contributed by atoms with E-state index in [0.29, 0.717) is 19.0 Å². The Hall–Kier alpha value is -2.19. The molecule has 2 fully saturated rings. The van der Waals surface area contributed by atoms with Gasteiger partial charge in [-0.1, -0.05) is 0 Å². The fourth-order valence-corrected chi connectivity index (χ4v) is 4.53. The standard InChI is InChI=1S/C19H25N3O5/c1-11(2)27-15-13(16(23)24)7-22-12(3)14(20-17(22)21-15)18-5-6-19(8-18,10-25-4)26-9-18/h7,11H,5-6,8-10H2,1-4H3,(H,23,24). The van der Waals surface area contributed by atoms with E-state index in [1.807, 2.05) is 20.8 Å². The van der Waals surface area contributed by atoms with Crippen LogP contribution in [0.5, 0.6) is 5.88 Å². The second-order valence-electron chi connectivity index (χ2n) is 8.01. The Morgan fingerprint density at radius 1 is 1.41 bits per heavy atom. The number of ether oxygens (including phenoxy) is 3. The smallest absolute Gasteiger partial charge is 0.342 e. The van der Waals surface area contributed by atoms with Gasteiger partial charge >= 0.3 is 5.97 Å². The maximum absolute atomic E-state index is 11.7. The molecule has 1 saturated carbocycles. The number of nitrogens with zero attached hydrogens (tertiary/aromatic N) is 3. The van der Waals surface area contributed by atoms with Crippen molar-refractivity contribution in [1.82, 2.24) is 14.4 Å². The second kappa shape index (κ2) is 6.17. The molecule has 2 aromatic rings. The number of carbonyl (C=O) groups is 1. The van der Waals surface area contributed by atoms with E-state index in [4.69, 9.17) is 19.2 Å². The maximum Gasteiger partial charge on any atom is 0.342 e. The summed E-state index contributed by atoms with van der Waals surface area (Å²) in [6, 6.07) is 0. The zero-order valence-electron chi connectivity index (χ0n) is 16.1. The minimum atomic E-state index is -1.07. The topological polar surface area (TPSA) is 95.2 Å². The lowest BCUT2D eigenvalue weighted by atomic mass is 9.83. The summed E-state index contributed by atoms with van der Waals surface area (Å²) in [5.74, 6) is -0.521. The first-order chi connectivity index (χ1) is 12.8. The van der Waals surface area contributed by atoms with Crippen LogP contribution in [-0.4, -0.2) is 57.5 Å². The van der Waals surface area contributed by atoms with Gasteiger partial charge < -0.3 is 19.3 Å². The zero-order valence-corrected chi connectivity index (χ0v) is 16.1. The lowest BCUT2D eigenvalue weighted by molar-refractivity contribution is -0.0659. The maximum atomic E-state index is 11.7. The van der Waals surface area contributed by atoms with Crippen LogP contribution >= 0.6 is 0 Å². The van der Waals surface area contributed by atoms with Gasteiger partial charge in [0.1, 0.15) is 5.56 Å². The van der Waals surface area contributed by atoms with Crippen molar-refractivity contribution in [3.63, 3.8) is 0 Å². The van der Waals surface area contributed by atoms with Crippen LogP contribution in [0.3, 0.4) is 0 Å². The molecule has 2 unspecified atom stereocenters. The Labute approximate surface area is 157 Å². The van der Waals surface area contributed by atoms with Crippen LogP contribution in [0.15, 0.2) is 6.20 Å². The molecule has 1 saturated heterocycles. The first kappa shape index (κ1) is 18.2. The van der Waals surface area contributed by atoms with Crippen LogP contribution in [0.1, 0.15) is 54.9 Å². The van der Waals surface area contributed by atoms with Crippen LogP contribution < -0.4 is 4.74 Å². The molecule has 1 N–H and O–H groups in total. The summed E-state index contributed by atoms with van der Waals surface area (Å²) in [6.07, 6.45) is 4.14. The van der Waals surface area contributed by atoms with E-state index in [9.17, 15) is 9.90 Å². The van der Waals surface area contributed by atoms with Crippen molar-refractivity contribution >= 4 is 11.7 Å².